The van der Waals surface area contributed by atoms with Gasteiger partial charge in [-0.1, -0.05) is 17.7 Å². The summed E-state index contributed by atoms with van der Waals surface area (Å²) < 4.78 is 49.5. The smallest absolute Gasteiger partial charge is 0.468 e. The molecule has 1 aromatic carbocycles. The molecule has 5 nitrogen and oxygen atoms in total. The minimum absolute atomic E-state index is 0.218. The van der Waals surface area contributed by atoms with Gasteiger partial charge in [-0.2, -0.15) is 0 Å². The summed E-state index contributed by atoms with van der Waals surface area (Å²) in [7, 11) is 2.16. The van der Waals surface area contributed by atoms with Crippen LogP contribution in [0.3, 0.4) is 0 Å². The van der Waals surface area contributed by atoms with Crippen molar-refractivity contribution in [3.05, 3.63) is 28.8 Å². The van der Waals surface area contributed by atoms with Crippen LogP contribution in [-0.4, -0.2) is 32.5 Å². The zero-order valence-electron chi connectivity index (χ0n) is 11.6. The molecule has 0 aliphatic heterocycles. The van der Waals surface area contributed by atoms with Crippen LogP contribution in [0, 0.1) is 5.92 Å². The molecule has 22 heavy (non-hydrogen) atoms. The van der Waals surface area contributed by atoms with Crippen LogP contribution in [0.4, 0.5) is 13.2 Å². The molecule has 0 N–H and O–H groups in total. The number of carbonyl (C=O) groups is 2. The molecule has 0 aromatic heterocycles. The van der Waals surface area contributed by atoms with Gasteiger partial charge in [-0.05, 0) is 24.1 Å². The minimum atomic E-state index is -4.91. The molecule has 9 heteroatoms. The maximum Gasteiger partial charge on any atom is 0.573 e. The lowest BCUT2D eigenvalue weighted by Gasteiger charge is -2.14. The molecule has 0 saturated carbocycles. The highest BCUT2D eigenvalue weighted by atomic mass is 35.5. The van der Waals surface area contributed by atoms with E-state index < -0.39 is 30.0 Å². The Balaban J connectivity index is 3.03. The number of rotatable bonds is 5. The van der Waals surface area contributed by atoms with Gasteiger partial charge >= 0.3 is 18.3 Å². The quantitative estimate of drug-likeness (QED) is 0.609. The van der Waals surface area contributed by atoms with E-state index in [9.17, 15) is 22.8 Å². The van der Waals surface area contributed by atoms with Gasteiger partial charge in [-0.25, -0.2) is 0 Å². The molecule has 122 valence electrons. The largest absolute Gasteiger partial charge is 0.573 e. The Hall–Kier alpha value is -1.96. The lowest BCUT2D eigenvalue weighted by Crippen LogP contribution is -2.28. The van der Waals surface area contributed by atoms with Gasteiger partial charge in [0.05, 0.1) is 19.2 Å². The van der Waals surface area contributed by atoms with Crippen molar-refractivity contribution < 1.29 is 37.0 Å². The number of esters is 2. The average Bonchev–Trinajstić information content (AvgIpc) is 2.44. The number of halogens is 4. The van der Waals surface area contributed by atoms with Crippen LogP contribution in [0.15, 0.2) is 18.2 Å². The predicted molar refractivity (Wildman–Crippen MR) is 69.4 cm³/mol. The van der Waals surface area contributed by atoms with E-state index in [1.807, 2.05) is 0 Å². The molecule has 0 aliphatic carbocycles. The fourth-order valence-electron chi connectivity index (χ4n) is 1.66. The molecule has 0 unspecified atom stereocenters. The second kappa shape index (κ2) is 7.35. The fraction of sp³-hybridized carbons (Fsp3) is 0.385. The number of benzene rings is 1. The zero-order valence-corrected chi connectivity index (χ0v) is 12.3. The Morgan fingerprint density at radius 3 is 2.18 bits per heavy atom. The van der Waals surface area contributed by atoms with Crippen LogP contribution < -0.4 is 4.74 Å². The van der Waals surface area contributed by atoms with Crippen LogP contribution in [0.5, 0.6) is 5.75 Å². The van der Waals surface area contributed by atoms with Gasteiger partial charge in [0.15, 0.2) is 5.92 Å². The minimum Gasteiger partial charge on any atom is -0.468 e. The standard InChI is InChI=1S/C13H12ClF3O5/c1-20-11(18)8(12(19)21-2)5-7-3-4-9(14)10(6-7)22-13(15,16)17/h3-4,6,8H,5H2,1-2H3. The number of methoxy groups -OCH3 is 2. The van der Waals surface area contributed by atoms with E-state index in [2.05, 4.69) is 14.2 Å². The monoisotopic (exact) mass is 340 g/mol. The van der Waals surface area contributed by atoms with Gasteiger partial charge in [0.2, 0.25) is 0 Å². The molecule has 0 amide bonds. The molecule has 1 aromatic rings. The van der Waals surface area contributed by atoms with Crippen molar-refractivity contribution in [2.75, 3.05) is 14.2 Å². The predicted octanol–water partition coefficient (Wildman–Crippen LogP) is 2.74. The lowest BCUT2D eigenvalue weighted by molar-refractivity contribution is -0.274. The Morgan fingerprint density at radius 2 is 1.73 bits per heavy atom. The first kappa shape index (κ1) is 18.1. The summed E-state index contributed by atoms with van der Waals surface area (Å²) in [5, 5.41) is -0.256. The lowest BCUT2D eigenvalue weighted by atomic mass is 9.99. The first-order chi connectivity index (χ1) is 10.2. The van der Waals surface area contributed by atoms with E-state index in [1.165, 1.54) is 12.1 Å². The third-order valence-electron chi connectivity index (χ3n) is 2.63. The summed E-state index contributed by atoms with van der Waals surface area (Å²) in [4.78, 5) is 23.1. The molecule has 0 atom stereocenters. The number of hydrogen-bond acceptors (Lipinski definition) is 5. The zero-order chi connectivity index (χ0) is 16.9. The third-order valence-corrected chi connectivity index (χ3v) is 2.94. The molecule has 1 rings (SSSR count). The molecule has 0 saturated heterocycles. The number of alkyl halides is 3. The van der Waals surface area contributed by atoms with Gasteiger partial charge < -0.3 is 14.2 Å². The van der Waals surface area contributed by atoms with Gasteiger partial charge in [-0.15, -0.1) is 13.2 Å². The molecule has 0 radical (unpaired) electrons. The van der Waals surface area contributed by atoms with Crippen molar-refractivity contribution in [3.8, 4) is 5.75 Å². The van der Waals surface area contributed by atoms with Crippen LogP contribution in [-0.2, 0) is 25.5 Å². The molecular weight excluding hydrogens is 329 g/mol. The highest BCUT2D eigenvalue weighted by Gasteiger charge is 2.33. The Bertz CT molecular complexity index is 543. The van der Waals surface area contributed by atoms with Gasteiger partial charge in [0.25, 0.3) is 0 Å². The van der Waals surface area contributed by atoms with Crippen LogP contribution in [0.25, 0.3) is 0 Å². The van der Waals surface area contributed by atoms with Crippen LogP contribution >= 0.6 is 11.6 Å². The molecule has 0 aliphatic rings. The number of hydrogen-bond donors (Lipinski definition) is 0. The van der Waals surface area contributed by atoms with Crippen LogP contribution in [0.1, 0.15) is 5.56 Å². The molecule has 0 heterocycles. The number of ether oxygens (including phenoxy) is 3. The van der Waals surface area contributed by atoms with Crippen molar-refractivity contribution in [2.45, 2.75) is 12.8 Å². The molecule has 0 bridgehead atoms. The Morgan fingerprint density at radius 1 is 1.18 bits per heavy atom. The highest BCUT2D eigenvalue weighted by molar-refractivity contribution is 6.32. The van der Waals surface area contributed by atoms with E-state index >= 15 is 0 Å². The van der Waals surface area contributed by atoms with Crippen molar-refractivity contribution in [3.63, 3.8) is 0 Å². The second-order valence-corrected chi connectivity index (χ2v) is 4.52. The SMILES string of the molecule is COC(=O)C(Cc1ccc(Cl)c(OC(F)(F)F)c1)C(=O)OC. The van der Waals surface area contributed by atoms with Crippen molar-refractivity contribution in [2.24, 2.45) is 5.92 Å². The Labute approximate surface area is 128 Å². The first-order valence-corrected chi connectivity index (χ1v) is 6.25. The van der Waals surface area contributed by atoms with E-state index in [0.717, 1.165) is 20.3 Å². The summed E-state index contributed by atoms with van der Waals surface area (Å²) >= 11 is 5.61. The maximum atomic E-state index is 12.3. The van der Waals surface area contributed by atoms with E-state index in [4.69, 9.17) is 11.6 Å². The molecular formula is C13H12ClF3O5. The highest BCUT2D eigenvalue weighted by Crippen LogP contribution is 2.31. The van der Waals surface area contributed by atoms with E-state index in [-0.39, 0.29) is 17.0 Å². The number of carbonyl (C=O) groups excluding carboxylic acids is 2. The third kappa shape index (κ3) is 5.10. The second-order valence-electron chi connectivity index (χ2n) is 4.12. The summed E-state index contributed by atoms with van der Waals surface area (Å²) in [6.07, 6.45) is -5.13. The van der Waals surface area contributed by atoms with Gasteiger partial charge in [0.1, 0.15) is 5.75 Å². The Kier molecular flexibility index (Phi) is 6.04. The summed E-state index contributed by atoms with van der Waals surface area (Å²) in [6, 6.07) is 3.53. The summed E-state index contributed by atoms with van der Waals surface area (Å²) in [6.45, 7) is 0. The summed E-state index contributed by atoms with van der Waals surface area (Å²) in [5.41, 5.74) is 0.226. The van der Waals surface area contributed by atoms with Crippen molar-refractivity contribution in [1.29, 1.82) is 0 Å². The average molecular weight is 341 g/mol. The topological polar surface area (TPSA) is 61.8 Å². The van der Waals surface area contributed by atoms with Crippen LogP contribution in [0.2, 0.25) is 5.02 Å². The van der Waals surface area contributed by atoms with Gasteiger partial charge in [0, 0.05) is 0 Å². The maximum absolute atomic E-state index is 12.3. The van der Waals surface area contributed by atoms with E-state index in [1.54, 1.807) is 0 Å². The fourth-order valence-corrected chi connectivity index (χ4v) is 1.82. The normalized spacial score (nSPS) is 11.2. The first-order valence-electron chi connectivity index (χ1n) is 5.87. The van der Waals surface area contributed by atoms with Gasteiger partial charge in [-0.3, -0.25) is 9.59 Å². The van der Waals surface area contributed by atoms with E-state index in [0.29, 0.717) is 0 Å². The molecule has 0 spiro atoms. The van der Waals surface area contributed by atoms with Crippen molar-refractivity contribution in [1.82, 2.24) is 0 Å². The molecule has 0 fully saturated rings. The van der Waals surface area contributed by atoms with Crippen molar-refractivity contribution >= 4 is 23.5 Å². The summed E-state index contributed by atoms with van der Waals surface area (Å²) in [5.74, 6) is -3.64.